The van der Waals surface area contributed by atoms with Gasteiger partial charge in [0, 0.05) is 6.04 Å². The first-order valence-electron chi connectivity index (χ1n) is 6.11. The highest BCUT2D eigenvalue weighted by atomic mass is 16.3. The SMILES string of the molecule is C=CCC(C)NC(=O)[C@@H](N)Cc1ccc(O)c(O)c1. The van der Waals surface area contributed by atoms with E-state index < -0.39 is 6.04 Å². The first kappa shape index (κ1) is 15.0. The van der Waals surface area contributed by atoms with Gasteiger partial charge in [-0.05, 0) is 37.5 Å². The molecule has 5 heteroatoms. The molecule has 0 fully saturated rings. The quantitative estimate of drug-likeness (QED) is 0.456. The number of rotatable bonds is 6. The van der Waals surface area contributed by atoms with Crippen molar-refractivity contribution < 1.29 is 15.0 Å². The van der Waals surface area contributed by atoms with E-state index in [4.69, 9.17) is 5.73 Å². The lowest BCUT2D eigenvalue weighted by atomic mass is 10.0. The van der Waals surface area contributed by atoms with Crippen LogP contribution in [0, 0.1) is 0 Å². The third kappa shape index (κ3) is 4.63. The molecule has 1 aromatic rings. The second-order valence-electron chi connectivity index (χ2n) is 4.57. The van der Waals surface area contributed by atoms with E-state index in [1.54, 1.807) is 12.1 Å². The molecule has 0 saturated carbocycles. The maximum atomic E-state index is 11.8. The Morgan fingerprint density at radius 1 is 1.47 bits per heavy atom. The van der Waals surface area contributed by atoms with Crippen LogP contribution in [-0.4, -0.2) is 28.2 Å². The summed E-state index contributed by atoms with van der Waals surface area (Å²) in [4.78, 5) is 11.8. The number of amides is 1. The number of hydrogen-bond acceptors (Lipinski definition) is 4. The Hall–Kier alpha value is -2.01. The van der Waals surface area contributed by atoms with Crippen molar-refractivity contribution in [1.29, 1.82) is 0 Å². The van der Waals surface area contributed by atoms with E-state index in [0.29, 0.717) is 18.4 Å². The lowest BCUT2D eigenvalue weighted by Crippen LogP contribution is -2.45. The predicted molar refractivity (Wildman–Crippen MR) is 73.9 cm³/mol. The van der Waals surface area contributed by atoms with E-state index in [0.717, 1.165) is 0 Å². The van der Waals surface area contributed by atoms with Crippen molar-refractivity contribution in [1.82, 2.24) is 5.32 Å². The lowest BCUT2D eigenvalue weighted by molar-refractivity contribution is -0.122. The number of phenols is 2. The highest BCUT2D eigenvalue weighted by Gasteiger charge is 2.16. The molecule has 1 aromatic carbocycles. The van der Waals surface area contributed by atoms with Crippen molar-refractivity contribution in [2.45, 2.75) is 31.8 Å². The molecule has 104 valence electrons. The molecule has 0 heterocycles. The van der Waals surface area contributed by atoms with Gasteiger partial charge in [-0.1, -0.05) is 12.1 Å². The van der Waals surface area contributed by atoms with E-state index >= 15 is 0 Å². The topological polar surface area (TPSA) is 95.6 Å². The first-order chi connectivity index (χ1) is 8.93. The molecule has 1 amide bonds. The fraction of sp³-hybridized carbons (Fsp3) is 0.357. The molecule has 0 aromatic heterocycles. The van der Waals surface area contributed by atoms with Gasteiger partial charge in [-0.25, -0.2) is 0 Å². The number of nitrogens with two attached hydrogens (primary N) is 1. The van der Waals surface area contributed by atoms with E-state index in [2.05, 4.69) is 11.9 Å². The van der Waals surface area contributed by atoms with Gasteiger partial charge in [-0.15, -0.1) is 6.58 Å². The molecule has 2 atom stereocenters. The van der Waals surface area contributed by atoms with E-state index in [-0.39, 0.29) is 23.4 Å². The van der Waals surface area contributed by atoms with Gasteiger partial charge in [0.1, 0.15) is 0 Å². The molecule has 0 radical (unpaired) electrons. The molecule has 0 saturated heterocycles. The average Bonchev–Trinajstić information content (AvgIpc) is 2.34. The molecule has 0 aliphatic rings. The van der Waals surface area contributed by atoms with Gasteiger partial charge in [0.15, 0.2) is 11.5 Å². The van der Waals surface area contributed by atoms with Crippen molar-refractivity contribution in [2.75, 3.05) is 0 Å². The Bertz CT molecular complexity index is 460. The van der Waals surface area contributed by atoms with E-state index in [1.807, 2.05) is 6.92 Å². The molecule has 0 spiro atoms. The zero-order valence-electron chi connectivity index (χ0n) is 11.0. The molecule has 0 bridgehead atoms. The molecule has 5 N–H and O–H groups in total. The summed E-state index contributed by atoms with van der Waals surface area (Å²) in [5, 5.41) is 21.3. The average molecular weight is 264 g/mol. The molecule has 5 nitrogen and oxygen atoms in total. The van der Waals surface area contributed by atoms with Gasteiger partial charge >= 0.3 is 0 Å². The molecular weight excluding hydrogens is 244 g/mol. The van der Waals surface area contributed by atoms with Gasteiger partial charge in [0.05, 0.1) is 6.04 Å². The number of aromatic hydroxyl groups is 2. The van der Waals surface area contributed by atoms with Crippen molar-refractivity contribution in [3.05, 3.63) is 36.4 Å². The normalized spacial score (nSPS) is 13.6. The Kier molecular flexibility index (Phi) is 5.38. The third-order valence-corrected chi connectivity index (χ3v) is 2.74. The minimum absolute atomic E-state index is 0.00993. The van der Waals surface area contributed by atoms with Crippen LogP contribution in [-0.2, 0) is 11.2 Å². The predicted octanol–water partition coefficient (Wildman–Crippen LogP) is 1.05. The Balaban J connectivity index is 2.58. The van der Waals surface area contributed by atoms with Crippen LogP contribution in [0.1, 0.15) is 18.9 Å². The second-order valence-corrected chi connectivity index (χ2v) is 4.57. The van der Waals surface area contributed by atoms with Gasteiger partial charge in [-0.2, -0.15) is 0 Å². The Labute approximate surface area is 112 Å². The monoisotopic (exact) mass is 264 g/mol. The standard InChI is InChI=1S/C14H20N2O3/c1-3-4-9(2)16-14(19)11(15)7-10-5-6-12(17)13(18)8-10/h3,5-6,8-9,11,17-18H,1,4,7,15H2,2H3,(H,16,19)/t9?,11-/m0/s1. The van der Waals surface area contributed by atoms with Gasteiger partial charge in [-0.3, -0.25) is 4.79 Å². The number of hydrogen-bond donors (Lipinski definition) is 4. The van der Waals surface area contributed by atoms with Crippen LogP contribution < -0.4 is 11.1 Å². The summed E-state index contributed by atoms with van der Waals surface area (Å²) in [6.45, 7) is 5.48. The van der Waals surface area contributed by atoms with Crippen molar-refractivity contribution in [2.24, 2.45) is 5.73 Å². The number of carbonyl (C=O) groups is 1. The maximum Gasteiger partial charge on any atom is 0.237 e. The highest BCUT2D eigenvalue weighted by molar-refractivity contribution is 5.82. The second kappa shape index (κ2) is 6.80. The van der Waals surface area contributed by atoms with Crippen LogP contribution in [0.4, 0.5) is 0 Å². The number of carbonyl (C=O) groups excluding carboxylic acids is 1. The smallest absolute Gasteiger partial charge is 0.237 e. The van der Waals surface area contributed by atoms with E-state index in [9.17, 15) is 15.0 Å². The third-order valence-electron chi connectivity index (χ3n) is 2.74. The molecular formula is C14H20N2O3. The summed E-state index contributed by atoms with van der Waals surface area (Å²) < 4.78 is 0. The van der Waals surface area contributed by atoms with Gasteiger partial charge < -0.3 is 21.3 Å². The van der Waals surface area contributed by atoms with Crippen LogP contribution in [0.25, 0.3) is 0 Å². The van der Waals surface area contributed by atoms with Gasteiger partial charge in [0.2, 0.25) is 5.91 Å². The zero-order valence-corrected chi connectivity index (χ0v) is 11.0. The highest BCUT2D eigenvalue weighted by Crippen LogP contribution is 2.25. The fourth-order valence-electron chi connectivity index (χ4n) is 1.70. The van der Waals surface area contributed by atoms with Crippen LogP contribution in [0.5, 0.6) is 11.5 Å². The molecule has 0 aliphatic heterocycles. The van der Waals surface area contributed by atoms with Crippen LogP contribution in [0.15, 0.2) is 30.9 Å². The first-order valence-corrected chi connectivity index (χ1v) is 6.11. The molecule has 19 heavy (non-hydrogen) atoms. The summed E-state index contributed by atoms with van der Waals surface area (Å²) in [6, 6.07) is 3.68. The minimum atomic E-state index is -0.698. The van der Waals surface area contributed by atoms with Crippen LogP contribution >= 0.6 is 0 Å². The Morgan fingerprint density at radius 2 is 2.16 bits per heavy atom. The number of benzene rings is 1. The van der Waals surface area contributed by atoms with Crippen LogP contribution in [0.3, 0.4) is 0 Å². The Morgan fingerprint density at radius 3 is 2.74 bits per heavy atom. The summed E-state index contributed by atoms with van der Waals surface area (Å²) >= 11 is 0. The number of phenolic OH excluding ortho intramolecular Hbond substituents is 2. The number of nitrogens with one attached hydrogen (secondary N) is 1. The summed E-state index contributed by atoms with van der Waals surface area (Å²) in [5.74, 6) is -0.659. The van der Waals surface area contributed by atoms with Crippen molar-refractivity contribution >= 4 is 5.91 Å². The largest absolute Gasteiger partial charge is 0.504 e. The fourth-order valence-corrected chi connectivity index (χ4v) is 1.70. The molecule has 0 aliphatic carbocycles. The molecule has 1 rings (SSSR count). The summed E-state index contributed by atoms with van der Waals surface area (Å²) in [7, 11) is 0. The molecule has 1 unspecified atom stereocenters. The van der Waals surface area contributed by atoms with Crippen LogP contribution in [0.2, 0.25) is 0 Å². The van der Waals surface area contributed by atoms with Crippen molar-refractivity contribution in [3.63, 3.8) is 0 Å². The van der Waals surface area contributed by atoms with E-state index in [1.165, 1.54) is 12.1 Å². The zero-order chi connectivity index (χ0) is 14.4. The minimum Gasteiger partial charge on any atom is -0.504 e. The maximum absolute atomic E-state index is 11.8. The van der Waals surface area contributed by atoms with Crippen molar-refractivity contribution in [3.8, 4) is 11.5 Å². The van der Waals surface area contributed by atoms with Gasteiger partial charge in [0.25, 0.3) is 0 Å². The lowest BCUT2D eigenvalue weighted by Gasteiger charge is -2.16. The summed E-state index contributed by atoms with van der Waals surface area (Å²) in [6.07, 6.45) is 2.70. The summed E-state index contributed by atoms with van der Waals surface area (Å²) in [5.41, 5.74) is 6.49.